The molecule has 1 aliphatic rings. The van der Waals surface area contributed by atoms with Crippen molar-refractivity contribution in [2.75, 3.05) is 38.8 Å². The van der Waals surface area contributed by atoms with E-state index in [-0.39, 0.29) is 12.8 Å². The smallest absolute Gasteiger partial charge is 0.243 e. The second-order valence-electron chi connectivity index (χ2n) is 6.61. The summed E-state index contributed by atoms with van der Waals surface area (Å²) < 4.78 is 33.9. The molecule has 1 atom stereocenters. The van der Waals surface area contributed by atoms with Gasteiger partial charge in [-0.05, 0) is 58.4 Å². The molecule has 148 valence electrons. The van der Waals surface area contributed by atoms with Crippen LogP contribution in [0.2, 0.25) is 0 Å². The normalized spacial score (nSPS) is 19.2. The highest BCUT2D eigenvalue weighted by atomic mass is 16.7. The van der Waals surface area contributed by atoms with Crippen LogP contribution in [0.1, 0.15) is 35.1 Å². The van der Waals surface area contributed by atoms with E-state index in [0.717, 1.165) is 12.8 Å². The fourth-order valence-electron chi connectivity index (χ4n) is 3.11. The van der Waals surface area contributed by atoms with Crippen molar-refractivity contribution in [3.63, 3.8) is 0 Å². The molecule has 1 saturated heterocycles. The van der Waals surface area contributed by atoms with Crippen molar-refractivity contribution in [3.05, 3.63) is 29.5 Å². The lowest BCUT2D eigenvalue weighted by Crippen LogP contribution is -2.40. The molecule has 1 fully saturated rings. The Morgan fingerprint density at radius 3 is 3.07 bits per heavy atom. The maximum atomic E-state index is 7.62. The van der Waals surface area contributed by atoms with Crippen LogP contribution in [0, 0.1) is 19.3 Å². The van der Waals surface area contributed by atoms with E-state index in [1.165, 1.54) is 4.90 Å². The molecular weight excluding hydrogens is 354 g/mol. The van der Waals surface area contributed by atoms with Crippen molar-refractivity contribution < 1.29 is 13.6 Å². The number of benzene rings is 1. The van der Waals surface area contributed by atoms with Crippen LogP contribution in [0.3, 0.4) is 0 Å². The average molecular weight is 384 g/mol. The predicted octanol–water partition coefficient (Wildman–Crippen LogP) is 2.71. The molecule has 0 aliphatic carbocycles. The molecule has 28 heavy (non-hydrogen) atoms. The number of anilines is 1. The largest absolute Gasteiger partial charge is 0.467 e. The number of piperidine rings is 1. The van der Waals surface area contributed by atoms with Crippen LogP contribution >= 0.6 is 0 Å². The zero-order valence-corrected chi connectivity index (χ0v) is 16.2. The van der Waals surface area contributed by atoms with Crippen molar-refractivity contribution in [1.82, 2.24) is 20.1 Å². The van der Waals surface area contributed by atoms with Crippen molar-refractivity contribution in [3.8, 4) is 29.4 Å². The number of rotatable bonds is 7. The highest BCUT2D eigenvalue weighted by Crippen LogP contribution is 2.31. The summed E-state index contributed by atoms with van der Waals surface area (Å²) in [6.45, 7) is 3.22. The molecule has 0 unspecified atom stereocenters. The Morgan fingerprint density at radius 2 is 2.32 bits per heavy atom. The molecule has 0 spiro atoms. The molecule has 0 bridgehead atoms. The van der Waals surface area contributed by atoms with Gasteiger partial charge in [-0.15, -0.1) is 16.6 Å². The third-order valence-electron chi connectivity index (χ3n) is 4.52. The molecule has 3 rings (SSSR count). The molecule has 1 aromatic carbocycles. The Balaban J connectivity index is 1.79. The van der Waals surface area contributed by atoms with Gasteiger partial charge < -0.3 is 19.7 Å². The molecule has 0 amide bonds. The Bertz CT molecular complexity index is 946. The van der Waals surface area contributed by atoms with E-state index in [4.69, 9.17) is 20.0 Å². The zero-order chi connectivity index (χ0) is 22.4. The molecule has 7 nitrogen and oxygen atoms in total. The van der Waals surface area contributed by atoms with Gasteiger partial charge in [0.1, 0.15) is 11.4 Å². The van der Waals surface area contributed by atoms with Crippen LogP contribution in [0.25, 0.3) is 11.3 Å². The Hall–Kier alpha value is -2.69. The van der Waals surface area contributed by atoms with Crippen molar-refractivity contribution in [1.29, 1.82) is 0 Å². The first-order valence-electron chi connectivity index (χ1n) is 10.9. The number of nitrogens with zero attached hydrogens (tertiary/aromatic N) is 4. The molecule has 2 aromatic rings. The third kappa shape index (κ3) is 4.97. The zero-order valence-electron chi connectivity index (χ0n) is 19.2. The molecule has 0 saturated carbocycles. The first kappa shape index (κ1) is 16.3. The van der Waals surface area contributed by atoms with Gasteiger partial charge in [-0.3, -0.25) is 0 Å². The van der Waals surface area contributed by atoms with E-state index in [1.54, 1.807) is 6.07 Å². The number of aryl methyl sites for hydroxylation is 1. The summed E-state index contributed by atoms with van der Waals surface area (Å²) in [5.41, 5.74) is 2.64. The highest BCUT2D eigenvalue weighted by Gasteiger charge is 2.19. The maximum absolute atomic E-state index is 7.62. The number of hydrogen-bond acceptors (Lipinski definition) is 7. The van der Waals surface area contributed by atoms with Gasteiger partial charge in [-0.1, -0.05) is 5.92 Å². The quantitative estimate of drug-likeness (QED) is 0.447. The lowest BCUT2D eigenvalue weighted by Gasteiger charge is -2.30. The second-order valence-corrected chi connectivity index (χ2v) is 6.61. The second kappa shape index (κ2) is 9.49. The van der Waals surface area contributed by atoms with Crippen LogP contribution in [0.5, 0.6) is 5.75 Å². The van der Waals surface area contributed by atoms with Crippen LogP contribution in [0.15, 0.2) is 18.2 Å². The van der Waals surface area contributed by atoms with Gasteiger partial charge in [0.25, 0.3) is 0 Å². The van der Waals surface area contributed by atoms with E-state index in [9.17, 15) is 0 Å². The Kier molecular flexibility index (Phi) is 5.52. The minimum atomic E-state index is -2.10. The summed E-state index contributed by atoms with van der Waals surface area (Å²) in [6, 6.07) is 5.34. The van der Waals surface area contributed by atoms with Gasteiger partial charge in [-0.25, -0.2) is 4.98 Å². The van der Waals surface area contributed by atoms with Crippen LogP contribution in [-0.2, 0) is 4.74 Å². The van der Waals surface area contributed by atoms with Gasteiger partial charge in [0.2, 0.25) is 5.95 Å². The topological polar surface area (TPSA) is 72.4 Å². The molecule has 2 heterocycles. The van der Waals surface area contributed by atoms with Crippen molar-refractivity contribution in [2.45, 2.75) is 32.7 Å². The molecule has 0 radical (unpaired) electrons. The van der Waals surface area contributed by atoms with Gasteiger partial charge >= 0.3 is 0 Å². The molecule has 1 N–H and O–H groups in total. The van der Waals surface area contributed by atoms with Gasteiger partial charge in [-0.2, -0.15) is 0 Å². The summed E-state index contributed by atoms with van der Waals surface area (Å²) in [7, 11) is 0. The number of terminal acetylenes is 1. The van der Waals surface area contributed by atoms with Crippen LogP contribution in [0.4, 0.5) is 5.95 Å². The summed E-state index contributed by atoms with van der Waals surface area (Å²) in [5, 5.41) is 11.8. The number of likely N-dealkylation sites (N-methyl/N-ethyl adjacent to an activating group) is 1. The minimum absolute atomic E-state index is 0.0544. The predicted molar refractivity (Wildman–Crippen MR) is 109 cm³/mol. The third-order valence-corrected chi connectivity index (χ3v) is 4.52. The van der Waals surface area contributed by atoms with Crippen LogP contribution in [-0.4, -0.2) is 59.6 Å². The van der Waals surface area contributed by atoms with E-state index in [0.29, 0.717) is 53.9 Å². The summed E-state index contributed by atoms with van der Waals surface area (Å²) in [5.74, 6) is 3.51. The monoisotopic (exact) mass is 384 g/mol. The maximum Gasteiger partial charge on any atom is 0.243 e. The van der Waals surface area contributed by atoms with Gasteiger partial charge in [0.05, 0.1) is 5.69 Å². The van der Waals surface area contributed by atoms with E-state index < -0.39 is 6.98 Å². The minimum Gasteiger partial charge on any atom is -0.467 e. The molecule has 1 aromatic heterocycles. The first-order chi connectivity index (χ1) is 14.8. The fourth-order valence-corrected chi connectivity index (χ4v) is 3.11. The lowest BCUT2D eigenvalue weighted by molar-refractivity contribution is 0.0227. The average Bonchev–Trinajstić information content (AvgIpc) is 2.74. The van der Waals surface area contributed by atoms with Gasteiger partial charge in [0.15, 0.2) is 6.79 Å². The lowest BCUT2D eigenvalue weighted by atomic mass is 10.1. The number of nitrogens with one attached hydrogen (secondary N) is 1. The number of likely N-dealkylation sites (tertiary alicyclic amines) is 1. The number of aromatic nitrogens is 3. The molecule has 1 aliphatic heterocycles. The number of hydrogen-bond donors (Lipinski definition) is 1. The molecular formula is C21H27N5O2. The van der Waals surface area contributed by atoms with E-state index >= 15 is 0 Å². The van der Waals surface area contributed by atoms with E-state index in [1.807, 2.05) is 26.0 Å². The van der Waals surface area contributed by atoms with Gasteiger partial charge in [0, 0.05) is 34.4 Å². The van der Waals surface area contributed by atoms with Crippen molar-refractivity contribution >= 4 is 5.95 Å². The summed E-state index contributed by atoms with van der Waals surface area (Å²) >= 11 is 0. The Labute approximate surface area is 170 Å². The highest BCUT2D eigenvalue weighted by molar-refractivity contribution is 5.70. The molecule has 7 heteroatoms. The Morgan fingerprint density at radius 1 is 1.43 bits per heavy atom. The number of ether oxygens (including phenoxy) is 2. The van der Waals surface area contributed by atoms with E-state index in [2.05, 4.69) is 26.4 Å². The SMILES string of the molecule is [2H]C([2H])([2H])N1CCC[C@@H](Nc2nnc(-c3ccc(C#C)cc3OCOCC)c(C)n2)C1. The van der Waals surface area contributed by atoms with Crippen LogP contribution < -0.4 is 10.1 Å². The standard InChI is InChI=1S/C21H27N5O2/c1-5-16-9-10-18(19(12-16)28-14-27-6-2)20-15(3)22-21(25-24-20)23-17-8-7-11-26(4)13-17/h1,9-10,12,17H,6-8,11,13-14H2,2-4H3,(H,22,23,25)/t17-/m1/s1/i4D3. The first-order valence-corrected chi connectivity index (χ1v) is 9.36. The fraction of sp³-hybridized carbons (Fsp3) is 0.476. The summed E-state index contributed by atoms with van der Waals surface area (Å²) in [6.07, 6.45) is 7.15. The van der Waals surface area contributed by atoms with Crippen molar-refractivity contribution in [2.24, 2.45) is 0 Å². The summed E-state index contributed by atoms with van der Waals surface area (Å²) in [4.78, 5) is 6.04.